The first-order valence-electron chi connectivity index (χ1n) is 8.44. The number of carbonyl (C=O) groups is 2. The van der Waals surface area contributed by atoms with Gasteiger partial charge in [0.1, 0.15) is 12.2 Å². The number of ether oxygens (including phenoxy) is 1. The Labute approximate surface area is 147 Å². The highest BCUT2D eigenvalue weighted by molar-refractivity contribution is 5.95. The van der Waals surface area contributed by atoms with Crippen molar-refractivity contribution in [3.8, 4) is 0 Å². The molecule has 2 rings (SSSR count). The summed E-state index contributed by atoms with van der Waals surface area (Å²) in [5, 5.41) is 9.24. The number of nitrogens with zero attached hydrogens (tertiary/aromatic N) is 2. The number of esters is 1. The molecule has 0 aliphatic rings. The van der Waals surface area contributed by atoms with E-state index in [9.17, 15) is 9.59 Å². The number of H-pyrrole nitrogens is 1. The number of para-hydroxylation sites is 1. The van der Waals surface area contributed by atoms with Gasteiger partial charge in [-0.05, 0) is 30.9 Å². The molecule has 0 saturated heterocycles. The van der Waals surface area contributed by atoms with Crippen molar-refractivity contribution in [1.82, 2.24) is 15.2 Å². The highest BCUT2D eigenvalue weighted by Gasteiger charge is 2.19. The molecule has 1 aromatic carbocycles. The third-order valence-electron chi connectivity index (χ3n) is 4.07. The zero-order valence-corrected chi connectivity index (χ0v) is 14.8. The summed E-state index contributed by atoms with van der Waals surface area (Å²) >= 11 is 0. The van der Waals surface area contributed by atoms with Gasteiger partial charge in [-0.3, -0.25) is 14.7 Å². The van der Waals surface area contributed by atoms with Crippen LogP contribution < -0.4 is 5.32 Å². The van der Waals surface area contributed by atoms with E-state index < -0.39 is 12.1 Å². The quantitative estimate of drug-likeness (QED) is 0.718. The van der Waals surface area contributed by atoms with Crippen LogP contribution in [0.1, 0.15) is 50.9 Å². The van der Waals surface area contributed by atoms with Crippen molar-refractivity contribution < 1.29 is 14.3 Å². The summed E-state index contributed by atoms with van der Waals surface area (Å²) in [6.07, 6.45) is 2.01. The lowest BCUT2D eigenvalue weighted by Gasteiger charge is -2.18. The Morgan fingerprint density at radius 1 is 1.28 bits per heavy atom. The summed E-state index contributed by atoms with van der Waals surface area (Å²) < 4.78 is 5.20. The standard InChI is InChI=1S/C18H24N4O3/c1-4-12(2)14-7-5-6-8-15(14)21-18(24)13(3)25-17(23)10-9-16-19-11-20-22-16/h5-8,11-13H,4,9-10H2,1-3H3,(H,21,24)(H,19,20,22)/t12-,13+/m1/s1. The van der Waals surface area contributed by atoms with Crippen molar-refractivity contribution >= 4 is 17.6 Å². The average molecular weight is 344 g/mol. The molecule has 1 amide bonds. The zero-order chi connectivity index (χ0) is 18.2. The first kappa shape index (κ1) is 18.6. The molecule has 1 aromatic heterocycles. The maximum absolute atomic E-state index is 12.3. The molecule has 2 atom stereocenters. The topological polar surface area (TPSA) is 97.0 Å². The molecule has 7 heteroatoms. The van der Waals surface area contributed by atoms with Crippen LogP contribution in [-0.2, 0) is 20.7 Å². The number of anilines is 1. The molecule has 0 bridgehead atoms. The fourth-order valence-electron chi connectivity index (χ4n) is 2.38. The van der Waals surface area contributed by atoms with Gasteiger partial charge in [-0.15, -0.1) is 0 Å². The maximum Gasteiger partial charge on any atom is 0.307 e. The molecule has 25 heavy (non-hydrogen) atoms. The van der Waals surface area contributed by atoms with E-state index in [4.69, 9.17) is 4.74 Å². The molecular weight excluding hydrogens is 320 g/mol. The van der Waals surface area contributed by atoms with Gasteiger partial charge in [0.25, 0.3) is 5.91 Å². The molecule has 0 saturated carbocycles. The average Bonchev–Trinajstić information content (AvgIpc) is 3.13. The molecule has 0 radical (unpaired) electrons. The van der Waals surface area contributed by atoms with Gasteiger partial charge in [-0.1, -0.05) is 32.0 Å². The number of nitrogens with one attached hydrogen (secondary N) is 2. The van der Waals surface area contributed by atoms with Gasteiger partial charge in [0.2, 0.25) is 0 Å². The van der Waals surface area contributed by atoms with Crippen molar-refractivity contribution in [2.45, 2.75) is 52.1 Å². The largest absolute Gasteiger partial charge is 0.453 e. The number of amides is 1. The molecule has 0 spiro atoms. The Balaban J connectivity index is 1.89. The lowest BCUT2D eigenvalue weighted by molar-refractivity contribution is -0.153. The van der Waals surface area contributed by atoms with E-state index in [1.807, 2.05) is 24.3 Å². The van der Waals surface area contributed by atoms with E-state index in [-0.39, 0.29) is 12.3 Å². The van der Waals surface area contributed by atoms with E-state index in [1.165, 1.54) is 6.33 Å². The second-order valence-corrected chi connectivity index (χ2v) is 5.95. The Hall–Kier alpha value is -2.70. The Morgan fingerprint density at radius 2 is 2.04 bits per heavy atom. The highest BCUT2D eigenvalue weighted by Crippen LogP contribution is 2.26. The van der Waals surface area contributed by atoms with Gasteiger partial charge in [0.15, 0.2) is 6.10 Å². The van der Waals surface area contributed by atoms with Crippen LogP contribution >= 0.6 is 0 Å². The molecule has 134 valence electrons. The summed E-state index contributed by atoms with van der Waals surface area (Å²) in [7, 11) is 0. The van der Waals surface area contributed by atoms with E-state index in [0.717, 1.165) is 17.7 Å². The lowest BCUT2D eigenvalue weighted by Crippen LogP contribution is -2.30. The van der Waals surface area contributed by atoms with Crippen molar-refractivity contribution in [2.24, 2.45) is 0 Å². The van der Waals surface area contributed by atoms with Crippen molar-refractivity contribution in [3.63, 3.8) is 0 Å². The highest BCUT2D eigenvalue weighted by atomic mass is 16.5. The molecule has 2 N–H and O–H groups in total. The predicted octanol–water partition coefficient (Wildman–Crippen LogP) is 2.82. The van der Waals surface area contributed by atoms with Crippen molar-refractivity contribution in [1.29, 1.82) is 0 Å². The van der Waals surface area contributed by atoms with Crippen LogP contribution in [0.15, 0.2) is 30.6 Å². The SMILES string of the molecule is CC[C@@H](C)c1ccccc1NC(=O)[C@H](C)OC(=O)CCc1ncn[nH]1. The molecule has 1 heterocycles. The summed E-state index contributed by atoms with van der Waals surface area (Å²) in [5.74, 6) is 0.144. The smallest absolute Gasteiger partial charge is 0.307 e. The number of aromatic nitrogens is 3. The van der Waals surface area contributed by atoms with Crippen LogP contribution in [0.5, 0.6) is 0 Å². The molecular formula is C18H24N4O3. The summed E-state index contributed by atoms with van der Waals surface area (Å²) in [4.78, 5) is 28.1. The zero-order valence-electron chi connectivity index (χ0n) is 14.8. The normalized spacial score (nSPS) is 13.1. The Kier molecular flexibility index (Phi) is 6.68. The van der Waals surface area contributed by atoms with Crippen molar-refractivity contribution in [2.75, 3.05) is 5.32 Å². The van der Waals surface area contributed by atoms with Gasteiger partial charge in [0, 0.05) is 12.1 Å². The van der Waals surface area contributed by atoms with Gasteiger partial charge in [-0.25, -0.2) is 4.98 Å². The number of aromatic amines is 1. The first-order valence-corrected chi connectivity index (χ1v) is 8.44. The number of rotatable bonds is 8. The minimum Gasteiger partial charge on any atom is -0.453 e. The second kappa shape index (κ2) is 8.96. The number of hydrogen-bond acceptors (Lipinski definition) is 5. The van der Waals surface area contributed by atoms with Crippen LogP contribution in [0.3, 0.4) is 0 Å². The summed E-state index contributed by atoms with van der Waals surface area (Å²) in [5.41, 5.74) is 1.83. The molecule has 7 nitrogen and oxygen atoms in total. The van der Waals surface area contributed by atoms with Gasteiger partial charge < -0.3 is 10.1 Å². The van der Waals surface area contributed by atoms with Crippen LogP contribution in [0.2, 0.25) is 0 Å². The number of aryl methyl sites for hydroxylation is 1. The van der Waals surface area contributed by atoms with Crippen molar-refractivity contribution in [3.05, 3.63) is 42.0 Å². The molecule has 0 fully saturated rings. The number of hydrogen-bond donors (Lipinski definition) is 2. The van der Waals surface area contributed by atoms with Gasteiger partial charge in [0.05, 0.1) is 6.42 Å². The third-order valence-corrected chi connectivity index (χ3v) is 4.07. The van der Waals surface area contributed by atoms with Crippen LogP contribution in [-0.4, -0.2) is 33.2 Å². The van der Waals surface area contributed by atoms with Crippen LogP contribution in [0, 0.1) is 0 Å². The molecule has 0 aliphatic carbocycles. The van der Waals surface area contributed by atoms with Crippen LogP contribution in [0.4, 0.5) is 5.69 Å². The Morgan fingerprint density at radius 3 is 2.72 bits per heavy atom. The Bertz CT molecular complexity index is 700. The van der Waals surface area contributed by atoms with Crippen LogP contribution in [0.25, 0.3) is 0 Å². The summed E-state index contributed by atoms with van der Waals surface area (Å²) in [6.45, 7) is 5.77. The second-order valence-electron chi connectivity index (χ2n) is 5.95. The molecule has 0 aliphatic heterocycles. The van der Waals surface area contributed by atoms with Gasteiger partial charge in [-0.2, -0.15) is 5.10 Å². The minimum absolute atomic E-state index is 0.135. The van der Waals surface area contributed by atoms with E-state index in [2.05, 4.69) is 34.3 Å². The van der Waals surface area contributed by atoms with E-state index >= 15 is 0 Å². The predicted molar refractivity (Wildman–Crippen MR) is 94.0 cm³/mol. The number of benzene rings is 1. The molecule has 2 aromatic rings. The maximum atomic E-state index is 12.3. The van der Waals surface area contributed by atoms with Gasteiger partial charge >= 0.3 is 5.97 Å². The fourth-order valence-corrected chi connectivity index (χ4v) is 2.38. The van der Waals surface area contributed by atoms with E-state index in [1.54, 1.807) is 6.92 Å². The summed E-state index contributed by atoms with van der Waals surface area (Å²) in [6, 6.07) is 7.68. The van der Waals surface area contributed by atoms with E-state index in [0.29, 0.717) is 18.2 Å². The first-order chi connectivity index (χ1) is 12.0. The fraction of sp³-hybridized carbons (Fsp3) is 0.444. The molecule has 0 unspecified atom stereocenters. The third kappa shape index (κ3) is 5.41. The number of carbonyl (C=O) groups excluding carboxylic acids is 2. The monoisotopic (exact) mass is 344 g/mol. The minimum atomic E-state index is -0.868. The lowest BCUT2D eigenvalue weighted by atomic mass is 9.97.